The summed E-state index contributed by atoms with van der Waals surface area (Å²) in [5.74, 6) is -0.757. The number of anilines is 1. The van der Waals surface area contributed by atoms with Gasteiger partial charge in [0, 0.05) is 29.6 Å². The molecule has 0 radical (unpaired) electrons. The smallest absolute Gasteiger partial charge is 0.344 e. The SMILES string of the molecule is COC(=O)c1cc(N2CCOC[C@H]2C[C@H](O)c2cccs2)ccc1[N+](=O)[O-]. The molecular formula is C18H20N2O6S. The first-order valence-corrected chi connectivity index (χ1v) is 9.32. The Balaban J connectivity index is 1.87. The number of nitrogens with zero attached hydrogens (tertiary/aromatic N) is 2. The zero-order valence-electron chi connectivity index (χ0n) is 14.7. The summed E-state index contributed by atoms with van der Waals surface area (Å²) in [7, 11) is 1.19. The summed E-state index contributed by atoms with van der Waals surface area (Å²) in [6.07, 6.45) is -0.178. The second-order valence-corrected chi connectivity index (χ2v) is 7.12. The van der Waals surface area contributed by atoms with Gasteiger partial charge in [-0.15, -0.1) is 11.3 Å². The molecule has 144 valence electrons. The number of ether oxygens (including phenoxy) is 2. The van der Waals surface area contributed by atoms with Gasteiger partial charge in [-0.3, -0.25) is 10.1 Å². The zero-order chi connectivity index (χ0) is 19.4. The minimum Gasteiger partial charge on any atom is -0.465 e. The summed E-state index contributed by atoms with van der Waals surface area (Å²) in [5.41, 5.74) is 0.269. The molecule has 9 heteroatoms. The first-order valence-electron chi connectivity index (χ1n) is 8.44. The second-order valence-electron chi connectivity index (χ2n) is 6.14. The van der Waals surface area contributed by atoms with Crippen LogP contribution < -0.4 is 4.90 Å². The van der Waals surface area contributed by atoms with Crippen LogP contribution in [-0.2, 0) is 9.47 Å². The number of hydrogen-bond acceptors (Lipinski definition) is 8. The summed E-state index contributed by atoms with van der Waals surface area (Å²) >= 11 is 1.49. The van der Waals surface area contributed by atoms with Crippen molar-refractivity contribution in [1.29, 1.82) is 0 Å². The van der Waals surface area contributed by atoms with Crippen LogP contribution in [0.5, 0.6) is 0 Å². The van der Waals surface area contributed by atoms with Crippen molar-refractivity contribution in [1.82, 2.24) is 0 Å². The Hall–Kier alpha value is -2.49. The van der Waals surface area contributed by atoms with Gasteiger partial charge in [-0.25, -0.2) is 4.79 Å². The van der Waals surface area contributed by atoms with Gasteiger partial charge in [-0.05, 0) is 23.6 Å². The standard InChI is InChI=1S/C18H20N2O6S/c1-25-18(22)14-9-12(4-5-15(14)20(23)24)19-6-7-26-11-13(19)10-16(21)17-3-2-8-27-17/h2-5,8-9,13,16,21H,6-7,10-11H2,1H3/t13-,16+/m1/s1. The van der Waals surface area contributed by atoms with Crippen molar-refractivity contribution in [3.05, 3.63) is 56.3 Å². The zero-order valence-corrected chi connectivity index (χ0v) is 15.6. The Bertz CT molecular complexity index is 810. The van der Waals surface area contributed by atoms with E-state index in [-0.39, 0.29) is 17.3 Å². The maximum atomic E-state index is 12.0. The fourth-order valence-electron chi connectivity index (χ4n) is 3.18. The fraction of sp³-hybridized carbons (Fsp3) is 0.389. The molecule has 1 aliphatic heterocycles. The molecule has 3 rings (SSSR count). The summed E-state index contributed by atoms with van der Waals surface area (Å²) in [4.78, 5) is 25.5. The Morgan fingerprint density at radius 1 is 1.52 bits per heavy atom. The third-order valence-corrected chi connectivity index (χ3v) is 5.48. The summed E-state index contributed by atoms with van der Waals surface area (Å²) in [5, 5.41) is 23.6. The predicted molar refractivity (Wildman–Crippen MR) is 100 cm³/mol. The van der Waals surface area contributed by atoms with Crippen LogP contribution >= 0.6 is 11.3 Å². The van der Waals surface area contributed by atoms with Crippen molar-refractivity contribution >= 4 is 28.7 Å². The van der Waals surface area contributed by atoms with E-state index in [0.29, 0.717) is 31.9 Å². The first kappa shape index (κ1) is 19.3. The van der Waals surface area contributed by atoms with Crippen molar-refractivity contribution in [3.8, 4) is 0 Å². The maximum Gasteiger partial charge on any atom is 0.344 e. The predicted octanol–water partition coefficient (Wildman–Crippen LogP) is 2.77. The molecule has 2 atom stereocenters. The van der Waals surface area contributed by atoms with Gasteiger partial charge in [-0.1, -0.05) is 6.07 Å². The van der Waals surface area contributed by atoms with Crippen LogP contribution in [0.3, 0.4) is 0 Å². The molecule has 8 nitrogen and oxygen atoms in total. The highest BCUT2D eigenvalue weighted by molar-refractivity contribution is 7.10. The molecule has 0 saturated carbocycles. The molecule has 0 bridgehead atoms. The topological polar surface area (TPSA) is 102 Å². The lowest BCUT2D eigenvalue weighted by molar-refractivity contribution is -0.385. The minimum atomic E-state index is -0.757. The van der Waals surface area contributed by atoms with E-state index < -0.39 is 17.0 Å². The lowest BCUT2D eigenvalue weighted by Crippen LogP contribution is -2.46. The van der Waals surface area contributed by atoms with Gasteiger partial charge in [0.25, 0.3) is 5.69 Å². The molecule has 0 aliphatic carbocycles. The monoisotopic (exact) mass is 392 g/mol. The Morgan fingerprint density at radius 2 is 2.33 bits per heavy atom. The lowest BCUT2D eigenvalue weighted by Gasteiger charge is -2.38. The molecule has 27 heavy (non-hydrogen) atoms. The largest absolute Gasteiger partial charge is 0.465 e. The molecule has 2 heterocycles. The lowest BCUT2D eigenvalue weighted by atomic mass is 10.0. The van der Waals surface area contributed by atoms with Crippen molar-refractivity contribution in [2.75, 3.05) is 31.8 Å². The molecule has 1 aromatic heterocycles. The minimum absolute atomic E-state index is 0.0935. The van der Waals surface area contributed by atoms with Crippen LogP contribution in [0.4, 0.5) is 11.4 Å². The van der Waals surface area contributed by atoms with Crippen LogP contribution in [0.1, 0.15) is 27.8 Å². The van der Waals surface area contributed by atoms with Gasteiger partial charge in [0.05, 0.1) is 37.4 Å². The van der Waals surface area contributed by atoms with Crippen molar-refractivity contribution in [2.45, 2.75) is 18.6 Å². The van der Waals surface area contributed by atoms with Crippen molar-refractivity contribution in [3.63, 3.8) is 0 Å². The fourth-order valence-corrected chi connectivity index (χ4v) is 3.90. The third kappa shape index (κ3) is 4.26. The number of benzene rings is 1. The molecule has 0 amide bonds. The van der Waals surface area contributed by atoms with Gasteiger partial charge < -0.3 is 19.5 Å². The van der Waals surface area contributed by atoms with Crippen LogP contribution in [0.15, 0.2) is 35.7 Å². The van der Waals surface area contributed by atoms with E-state index in [1.165, 1.54) is 30.6 Å². The van der Waals surface area contributed by atoms with E-state index in [4.69, 9.17) is 4.74 Å². The molecule has 0 spiro atoms. The Labute approximate surface area is 160 Å². The number of carbonyl (C=O) groups excluding carboxylic acids is 1. The van der Waals surface area contributed by atoms with E-state index in [0.717, 1.165) is 4.88 Å². The molecule has 1 N–H and O–H groups in total. The number of nitro benzene ring substituents is 1. The van der Waals surface area contributed by atoms with Crippen molar-refractivity contribution in [2.24, 2.45) is 0 Å². The molecule has 1 fully saturated rings. The summed E-state index contributed by atoms with van der Waals surface area (Å²) in [6, 6.07) is 8.04. The van der Waals surface area contributed by atoms with E-state index in [2.05, 4.69) is 4.74 Å². The van der Waals surface area contributed by atoms with Gasteiger partial charge in [0.1, 0.15) is 5.56 Å². The molecule has 1 aliphatic rings. The number of aliphatic hydroxyl groups excluding tert-OH is 1. The summed E-state index contributed by atoms with van der Waals surface area (Å²) < 4.78 is 10.2. The van der Waals surface area contributed by atoms with E-state index in [1.54, 1.807) is 6.07 Å². The molecule has 2 aromatic rings. The molecule has 1 saturated heterocycles. The van der Waals surface area contributed by atoms with Gasteiger partial charge in [0.2, 0.25) is 0 Å². The van der Waals surface area contributed by atoms with Crippen molar-refractivity contribution < 1.29 is 24.3 Å². The number of esters is 1. The molecular weight excluding hydrogens is 372 g/mol. The van der Waals surface area contributed by atoms with E-state index in [9.17, 15) is 20.0 Å². The van der Waals surface area contributed by atoms with E-state index in [1.807, 2.05) is 22.4 Å². The number of nitro groups is 1. The van der Waals surface area contributed by atoms with E-state index >= 15 is 0 Å². The molecule has 0 unspecified atom stereocenters. The van der Waals surface area contributed by atoms with Crippen LogP contribution in [0.2, 0.25) is 0 Å². The van der Waals surface area contributed by atoms with Crippen LogP contribution in [0.25, 0.3) is 0 Å². The van der Waals surface area contributed by atoms with Gasteiger partial charge in [-0.2, -0.15) is 0 Å². The highest BCUT2D eigenvalue weighted by atomic mass is 32.1. The summed E-state index contributed by atoms with van der Waals surface area (Å²) in [6.45, 7) is 1.48. The highest BCUT2D eigenvalue weighted by Gasteiger charge is 2.29. The van der Waals surface area contributed by atoms with Crippen LogP contribution in [0, 0.1) is 10.1 Å². The quantitative estimate of drug-likeness (QED) is 0.458. The van der Waals surface area contributed by atoms with Gasteiger partial charge >= 0.3 is 5.97 Å². The first-order chi connectivity index (χ1) is 13.0. The number of hydrogen-bond donors (Lipinski definition) is 1. The Morgan fingerprint density at radius 3 is 3.00 bits per heavy atom. The number of rotatable bonds is 6. The Kier molecular flexibility index (Phi) is 6.04. The highest BCUT2D eigenvalue weighted by Crippen LogP contribution is 2.31. The second kappa shape index (κ2) is 8.47. The van der Waals surface area contributed by atoms with Crippen LogP contribution in [-0.4, -0.2) is 48.9 Å². The average Bonchev–Trinajstić information content (AvgIpc) is 3.22. The normalized spacial score (nSPS) is 18.1. The molecule has 1 aromatic carbocycles. The number of thiophene rings is 1. The number of methoxy groups -OCH3 is 1. The number of carbonyl (C=O) groups is 1. The van der Waals surface area contributed by atoms with Gasteiger partial charge in [0.15, 0.2) is 0 Å². The average molecular weight is 392 g/mol. The number of morpholine rings is 1. The maximum absolute atomic E-state index is 12.0. The third-order valence-electron chi connectivity index (χ3n) is 4.51. The number of aliphatic hydroxyl groups is 1.